The smallest absolute Gasteiger partial charge is 0.208 e. The van der Waals surface area contributed by atoms with Crippen molar-refractivity contribution in [1.82, 2.24) is 9.14 Å². The van der Waals surface area contributed by atoms with Crippen molar-refractivity contribution >= 4 is 28.5 Å². The van der Waals surface area contributed by atoms with Crippen LogP contribution in [-0.2, 0) is 39.8 Å². The maximum atomic E-state index is 4.34. The minimum atomic E-state index is 0. The number of hydrogen-bond donors (Lipinski definition) is 0. The fraction of sp³-hybridized carbons (Fsp3) is 0.0556. The van der Waals surface area contributed by atoms with Crippen molar-refractivity contribution in [3.8, 4) is 0 Å². The molecule has 1 aliphatic rings. The van der Waals surface area contributed by atoms with Gasteiger partial charge in [0.05, 0.1) is 11.9 Å². The summed E-state index contributed by atoms with van der Waals surface area (Å²) in [6, 6.07) is 18.6. The van der Waals surface area contributed by atoms with Gasteiger partial charge in [-0.1, -0.05) is 48.5 Å². The van der Waals surface area contributed by atoms with Crippen molar-refractivity contribution in [2.24, 2.45) is 12.0 Å². The van der Waals surface area contributed by atoms with Crippen LogP contribution < -0.4 is 10.1 Å². The zero-order valence-electron chi connectivity index (χ0n) is 12.7. The summed E-state index contributed by atoms with van der Waals surface area (Å²) in [5.74, 6) is 0. The van der Waals surface area contributed by atoms with Gasteiger partial charge in [0.2, 0.25) is 6.34 Å². The Hall–Kier alpha value is -1.58. The van der Waals surface area contributed by atoms with Crippen molar-refractivity contribution in [2.45, 2.75) is 0 Å². The number of para-hydroxylation sites is 2. The summed E-state index contributed by atoms with van der Waals surface area (Å²) in [4.78, 5) is 4.34. The second-order valence-corrected chi connectivity index (χ2v) is 4.91. The fourth-order valence-electron chi connectivity index (χ4n) is 2.58. The van der Waals surface area contributed by atoms with Gasteiger partial charge in [-0.2, -0.15) is 0 Å². The summed E-state index contributed by atoms with van der Waals surface area (Å²) in [6.45, 7) is 0. The molecule has 0 saturated heterocycles. The van der Waals surface area contributed by atoms with E-state index in [1.54, 1.807) is 0 Å². The van der Waals surface area contributed by atoms with Gasteiger partial charge in [0.15, 0.2) is 5.49 Å². The van der Waals surface area contributed by atoms with Gasteiger partial charge >= 0.3 is 0 Å². The molecule has 0 saturated carbocycles. The molecule has 1 aromatic heterocycles. The second-order valence-electron chi connectivity index (χ2n) is 4.91. The van der Waals surface area contributed by atoms with Crippen LogP contribution in [0.2, 0.25) is 0 Å². The standard InChI is InChI=1S/C17H13N3.CH3.Y/c1-19-11-14-7-3-2-6-13(14)10-17(19)20-12-18-15-8-4-5-9-16(15)20;;/h2-11H,1H3;1H3;/q;-1;. The Morgan fingerprint density at radius 1 is 1.00 bits per heavy atom. The van der Waals surface area contributed by atoms with Crippen LogP contribution in [0.25, 0.3) is 10.8 Å². The number of rotatable bonds is 0. The first-order valence-corrected chi connectivity index (χ1v) is 6.57. The molecule has 4 heteroatoms. The van der Waals surface area contributed by atoms with Crippen molar-refractivity contribution in [3.63, 3.8) is 0 Å². The summed E-state index contributed by atoms with van der Waals surface area (Å²) in [5, 5.41) is 2.44. The molecular weight excluding hydrogens is 347 g/mol. The van der Waals surface area contributed by atoms with Gasteiger partial charge in [0.1, 0.15) is 0 Å². The molecule has 2 aromatic carbocycles. The maximum Gasteiger partial charge on any atom is 0.208 e. The molecule has 0 amide bonds. The Kier molecular flexibility index (Phi) is 5.10. The molecule has 1 aliphatic heterocycles. The second kappa shape index (κ2) is 6.68. The third-order valence-corrected chi connectivity index (χ3v) is 3.60. The molecule has 0 N–H and O–H groups in total. The number of aryl methyl sites for hydroxylation is 1. The zero-order valence-corrected chi connectivity index (χ0v) is 15.5. The minimum absolute atomic E-state index is 0. The van der Waals surface area contributed by atoms with Gasteiger partial charge in [-0.05, 0) is 11.5 Å². The Morgan fingerprint density at radius 3 is 2.50 bits per heavy atom. The fourth-order valence-corrected chi connectivity index (χ4v) is 2.58. The molecule has 1 radical (unpaired) electrons. The van der Waals surface area contributed by atoms with Gasteiger partial charge < -0.3 is 16.6 Å². The molecule has 3 nitrogen and oxygen atoms in total. The molecule has 2 heterocycles. The van der Waals surface area contributed by atoms with E-state index in [-0.39, 0.29) is 40.1 Å². The van der Waals surface area contributed by atoms with Crippen LogP contribution in [0, 0.1) is 7.43 Å². The number of hydrogen-bond acceptors (Lipinski definition) is 1. The van der Waals surface area contributed by atoms with Gasteiger partial charge in [-0.15, -0.1) is 0 Å². The van der Waals surface area contributed by atoms with E-state index in [1.165, 1.54) is 10.8 Å². The van der Waals surface area contributed by atoms with E-state index >= 15 is 0 Å². The number of fused-ring (bicyclic) bond motifs is 2. The summed E-state index contributed by atoms with van der Waals surface area (Å²) in [6.07, 6.45) is 5.21. The predicted octanol–water partition coefficient (Wildman–Crippen LogP) is 3.28. The average Bonchev–Trinajstić information content (AvgIpc) is 2.90. The van der Waals surface area contributed by atoms with E-state index in [9.17, 15) is 0 Å². The van der Waals surface area contributed by atoms with E-state index in [0.717, 1.165) is 16.9 Å². The maximum absolute atomic E-state index is 4.34. The third-order valence-electron chi connectivity index (χ3n) is 3.60. The van der Waals surface area contributed by atoms with Gasteiger partial charge in [0, 0.05) is 50.8 Å². The van der Waals surface area contributed by atoms with Crippen LogP contribution in [0.4, 0.5) is 11.4 Å². The number of benzene rings is 2. The molecule has 0 fully saturated rings. The van der Waals surface area contributed by atoms with Crippen molar-refractivity contribution in [1.29, 1.82) is 0 Å². The molecule has 22 heavy (non-hydrogen) atoms. The SMILES string of the molecule is Cn1cc2ccccc2cc1=[N+]1[C-]=Nc2ccccc21.[CH3-].[Y]. The molecule has 0 atom stereocenters. The van der Waals surface area contributed by atoms with Crippen molar-refractivity contribution < 1.29 is 32.7 Å². The van der Waals surface area contributed by atoms with Gasteiger partial charge in [0.25, 0.3) is 0 Å². The molecule has 0 spiro atoms. The quantitative estimate of drug-likeness (QED) is 0.432. The Bertz CT molecular complexity index is 923. The molecule has 4 rings (SSSR count). The van der Waals surface area contributed by atoms with Crippen LogP contribution in [0.1, 0.15) is 0 Å². The number of pyridine rings is 1. The predicted molar refractivity (Wildman–Crippen MR) is 87.8 cm³/mol. The Balaban J connectivity index is 0.000000882. The number of aliphatic imine (C=N–C) groups is 1. The molecule has 0 bridgehead atoms. The van der Waals surface area contributed by atoms with E-state index in [1.807, 2.05) is 29.8 Å². The van der Waals surface area contributed by atoms with Crippen molar-refractivity contribution in [3.05, 3.63) is 73.7 Å². The normalized spacial score (nSPS) is 14.2. The molecule has 0 unspecified atom stereocenters. The van der Waals surface area contributed by atoms with Crippen LogP contribution in [-0.4, -0.2) is 10.9 Å². The van der Waals surface area contributed by atoms with Crippen LogP contribution in [0.15, 0.2) is 65.8 Å². The molecule has 3 aromatic rings. The molecular formula is C18H16N3Y-. The monoisotopic (exact) mass is 363 g/mol. The van der Waals surface area contributed by atoms with Crippen molar-refractivity contribution in [2.75, 3.05) is 0 Å². The van der Waals surface area contributed by atoms with E-state index in [2.05, 4.69) is 58.5 Å². The first-order valence-electron chi connectivity index (χ1n) is 6.57. The summed E-state index contributed by atoms with van der Waals surface area (Å²) >= 11 is 0. The van der Waals surface area contributed by atoms with Gasteiger partial charge in [-0.25, -0.2) is 4.99 Å². The summed E-state index contributed by atoms with van der Waals surface area (Å²) in [7, 11) is 2.05. The Labute approximate surface area is 155 Å². The Morgan fingerprint density at radius 2 is 1.68 bits per heavy atom. The average molecular weight is 363 g/mol. The van der Waals surface area contributed by atoms with Crippen LogP contribution >= 0.6 is 0 Å². The zero-order chi connectivity index (χ0) is 13.5. The van der Waals surface area contributed by atoms with E-state index < -0.39 is 0 Å². The van der Waals surface area contributed by atoms with Gasteiger partial charge in [-0.3, -0.25) is 0 Å². The topological polar surface area (TPSA) is 20.3 Å². The summed E-state index contributed by atoms with van der Waals surface area (Å²) in [5.41, 5.74) is 3.08. The summed E-state index contributed by atoms with van der Waals surface area (Å²) < 4.78 is 4.11. The number of aromatic nitrogens is 1. The third kappa shape index (κ3) is 2.71. The minimum Gasteiger partial charge on any atom is -0.358 e. The van der Waals surface area contributed by atoms with Crippen LogP contribution in [0.5, 0.6) is 0 Å². The first-order chi connectivity index (χ1) is 9.83. The van der Waals surface area contributed by atoms with Crippen LogP contribution in [0.3, 0.4) is 0 Å². The first kappa shape index (κ1) is 16.8. The number of nitrogens with zero attached hydrogens (tertiary/aromatic N) is 3. The largest absolute Gasteiger partial charge is 0.358 e. The molecule has 107 valence electrons. The van der Waals surface area contributed by atoms with E-state index in [0.29, 0.717) is 0 Å². The van der Waals surface area contributed by atoms with E-state index in [4.69, 9.17) is 0 Å². The molecule has 0 aliphatic carbocycles.